The molecular formula is C35H40N6O5S. The zero-order valence-electron chi connectivity index (χ0n) is 27.8. The van der Waals surface area contributed by atoms with E-state index in [9.17, 15) is 13.2 Å². The lowest BCUT2D eigenvalue weighted by Crippen LogP contribution is -2.35. The second-order valence-electron chi connectivity index (χ2n) is 12.2. The van der Waals surface area contributed by atoms with Crippen LogP contribution < -0.4 is 4.31 Å². The summed E-state index contributed by atoms with van der Waals surface area (Å²) in [7, 11) is -1.74. The van der Waals surface area contributed by atoms with E-state index in [0.717, 1.165) is 32.1 Å². The monoisotopic (exact) mass is 656 g/mol. The Kier molecular flexibility index (Phi) is 11.0. The maximum absolute atomic E-state index is 14.2. The molecule has 0 fully saturated rings. The van der Waals surface area contributed by atoms with Gasteiger partial charge in [-0.1, -0.05) is 74.4 Å². The second-order valence-corrected chi connectivity index (χ2v) is 14.1. The van der Waals surface area contributed by atoms with Crippen molar-refractivity contribution in [3.05, 3.63) is 117 Å². The first-order chi connectivity index (χ1) is 22.3. The van der Waals surface area contributed by atoms with Crippen LogP contribution in [0.2, 0.25) is 0 Å². The molecule has 3 aromatic carbocycles. The molecule has 12 heteroatoms. The Bertz CT molecular complexity index is 1880. The number of hydrogen-bond acceptors (Lipinski definition) is 8. The minimum atomic E-state index is -4.34. The van der Waals surface area contributed by atoms with Crippen LogP contribution in [-0.2, 0) is 24.9 Å². The normalized spacial score (nSPS) is 12.2. The Morgan fingerprint density at radius 2 is 1.64 bits per heavy atom. The average Bonchev–Trinajstić information content (AvgIpc) is 3.04. The second kappa shape index (κ2) is 14.8. The highest BCUT2D eigenvalue weighted by Crippen LogP contribution is 2.35. The highest BCUT2D eigenvalue weighted by atomic mass is 32.2. The van der Waals surface area contributed by atoms with Gasteiger partial charge in [-0.05, 0) is 77.7 Å². The Morgan fingerprint density at radius 3 is 2.23 bits per heavy atom. The van der Waals surface area contributed by atoms with Crippen molar-refractivity contribution in [2.45, 2.75) is 57.3 Å². The van der Waals surface area contributed by atoms with Crippen molar-refractivity contribution in [1.29, 1.82) is 0 Å². The van der Waals surface area contributed by atoms with Crippen molar-refractivity contribution in [2.24, 2.45) is 5.11 Å². The van der Waals surface area contributed by atoms with E-state index in [1.165, 1.54) is 38.5 Å². The quantitative estimate of drug-likeness (QED) is 0.0505. The fourth-order valence-corrected chi connectivity index (χ4v) is 6.72. The number of benzene rings is 3. The third-order valence-electron chi connectivity index (χ3n) is 7.90. The van der Waals surface area contributed by atoms with Gasteiger partial charge in [-0.15, -0.1) is 0 Å². The average molecular weight is 657 g/mol. The van der Waals surface area contributed by atoms with Gasteiger partial charge >= 0.3 is 5.97 Å². The van der Waals surface area contributed by atoms with Crippen LogP contribution in [0.3, 0.4) is 0 Å². The summed E-state index contributed by atoms with van der Waals surface area (Å²) < 4.78 is 39.6. The summed E-state index contributed by atoms with van der Waals surface area (Å²) in [5.41, 5.74) is 15.0. The summed E-state index contributed by atoms with van der Waals surface area (Å²) in [5, 5.41) is 3.80. The van der Waals surface area contributed by atoms with Crippen LogP contribution in [0.15, 0.2) is 82.8 Å². The van der Waals surface area contributed by atoms with Crippen LogP contribution in [0.25, 0.3) is 21.7 Å². The molecular weight excluding hydrogens is 616 g/mol. The molecule has 0 amide bonds. The van der Waals surface area contributed by atoms with Gasteiger partial charge in [-0.25, -0.2) is 27.5 Å². The molecule has 1 aromatic heterocycles. The Balaban J connectivity index is 1.98. The van der Waals surface area contributed by atoms with Crippen molar-refractivity contribution in [3.8, 4) is 11.3 Å². The third kappa shape index (κ3) is 7.97. The number of anilines is 1. The van der Waals surface area contributed by atoms with Crippen molar-refractivity contribution in [1.82, 2.24) is 9.97 Å². The molecule has 1 unspecified atom stereocenters. The molecule has 246 valence electrons. The molecule has 0 aliphatic rings. The number of aryl methyl sites for hydroxylation is 2. The topological polar surface area (TPSA) is 147 Å². The lowest BCUT2D eigenvalue weighted by molar-refractivity contribution is 0.0600. The number of esters is 1. The maximum atomic E-state index is 14.2. The SMILES string of the molecule is COCN(c1nc(-c2c(C)cccc2C)cc(C(CCN=[N+]=[N-])c2ccc(C(C)(C)C)cc2)n1)S(=O)(=O)c1cccc(C(=O)OC)c1. The van der Waals surface area contributed by atoms with Gasteiger partial charge in [0.1, 0.15) is 6.73 Å². The number of ether oxygens (including phenoxy) is 2. The summed E-state index contributed by atoms with van der Waals surface area (Å²) in [4.78, 5) is 24.7. The highest BCUT2D eigenvalue weighted by Gasteiger charge is 2.30. The summed E-state index contributed by atoms with van der Waals surface area (Å²) in [5.74, 6) is -1.14. The number of aromatic nitrogens is 2. The standard InChI is InChI=1S/C35H40N6O5S/c1-23-10-8-11-24(2)32(23)31-21-30(29(18-19-37-40-36)25-14-16-27(17-15-25)35(3,4)5)38-34(39-31)41(22-45-6)47(43,44)28-13-9-12-26(20-28)33(42)46-7/h8-17,20-21,29H,18-19,22H2,1-7H3. The van der Waals surface area contributed by atoms with Crippen molar-refractivity contribution < 1.29 is 22.7 Å². The van der Waals surface area contributed by atoms with Gasteiger partial charge in [-0.2, -0.15) is 0 Å². The first-order valence-electron chi connectivity index (χ1n) is 15.1. The zero-order chi connectivity index (χ0) is 34.4. The molecule has 0 saturated carbocycles. The van der Waals surface area contributed by atoms with Gasteiger partial charge in [0.25, 0.3) is 10.0 Å². The number of sulfonamides is 1. The summed E-state index contributed by atoms with van der Waals surface area (Å²) >= 11 is 0. The molecule has 4 aromatic rings. The molecule has 1 atom stereocenters. The van der Waals surface area contributed by atoms with Crippen LogP contribution in [0.4, 0.5) is 5.95 Å². The molecule has 1 heterocycles. The molecule has 0 radical (unpaired) electrons. The lowest BCUT2D eigenvalue weighted by atomic mass is 9.84. The minimum Gasteiger partial charge on any atom is -0.465 e. The van der Waals surface area contributed by atoms with Crippen molar-refractivity contribution in [3.63, 3.8) is 0 Å². The number of rotatable bonds is 12. The van der Waals surface area contributed by atoms with Crippen molar-refractivity contribution >= 4 is 21.9 Å². The number of hydrogen-bond donors (Lipinski definition) is 0. The molecule has 0 bridgehead atoms. The number of carbonyl (C=O) groups is 1. The van der Waals surface area contributed by atoms with E-state index < -0.39 is 22.7 Å². The molecule has 0 N–H and O–H groups in total. The Hall–Kier alpha value is -4.77. The zero-order valence-corrected chi connectivity index (χ0v) is 28.6. The molecule has 0 saturated heterocycles. The Labute approximate surface area is 276 Å². The minimum absolute atomic E-state index is 0.0586. The fraction of sp³-hybridized carbons (Fsp3) is 0.343. The first-order valence-corrected chi connectivity index (χ1v) is 16.5. The van der Waals surface area contributed by atoms with E-state index in [-0.39, 0.29) is 34.3 Å². The van der Waals surface area contributed by atoms with Gasteiger partial charge in [0, 0.05) is 30.0 Å². The third-order valence-corrected chi connectivity index (χ3v) is 9.60. The van der Waals surface area contributed by atoms with Crippen LogP contribution in [-0.4, -0.2) is 51.9 Å². The molecule has 0 aliphatic carbocycles. The fourth-order valence-electron chi connectivity index (χ4n) is 5.40. The number of methoxy groups -OCH3 is 2. The summed E-state index contributed by atoms with van der Waals surface area (Å²) in [6.45, 7) is 10.2. The largest absolute Gasteiger partial charge is 0.465 e. The molecule has 0 spiro atoms. The van der Waals surface area contributed by atoms with E-state index in [1.54, 1.807) is 0 Å². The number of carbonyl (C=O) groups excluding carboxylic acids is 1. The van der Waals surface area contributed by atoms with Gasteiger partial charge in [0.05, 0.1) is 29.0 Å². The van der Waals surface area contributed by atoms with Crippen LogP contribution in [0, 0.1) is 13.8 Å². The molecule has 11 nitrogen and oxygen atoms in total. The summed E-state index contributed by atoms with van der Waals surface area (Å²) in [6.07, 6.45) is 0.416. The van der Waals surface area contributed by atoms with E-state index in [1.807, 2.05) is 50.2 Å². The smallest absolute Gasteiger partial charge is 0.337 e. The first kappa shape index (κ1) is 35.1. The predicted octanol–water partition coefficient (Wildman–Crippen LogP) is 7.48. The van der Waals surface area contributed by atoms with Crippen molar-refractivity contribution in [2.75, 3.05) is 31.8 Å². The van der Waals surface area contributed by atoms with Gasteiger partial charge in [0.2, 0.25) is 5.95 Å². The van der Waals surface area contributed by atoms with Gasteiger partial charge in [-0.3, -0.25) is 0 Å². The summed E-state index contributed by atoms with van der Waals surface area (Å²) in [6, 6.07) is 21.5. The van der Waals surface area contributed by atoms with Crippen LogP contribution in [0.5, 0.6) is 0 Å². The lowest BCUT2D eigenvalue weighted by Gasteiger charge is -2.25. The van der Waals surface area contributed by atoms with E-state index in [0.29, 0.717) is 17.8 Å². The maximum Gasteiger partial charge on any atom is 0.337 e. The molecule has 4 rings (SSSR count). The number of azide groups is 1. The van der Waals surface area contributed by atoms with E-state index in [2.05, 4.69) is 42.9 Å². The van der Waals surface area contributed by atoms with E-state index in [4.69, 9.17) is 25.0 Å². The van der Waals surface area contributed by atoms with E-state index >= 15 is 0 Å². The molecule has 0 aliphatic heterocycles. The van der Waals surface area contributed by atoms with Gasteiger partial charge < -0.3 is 9.47 Å². The van der Waals surface area contributed by atoms with Crippen LogP contribution >= 0.6 is 0 Å². The number of nitrogens with zero attached hydrogens (tertiary/aromatic N) is 6. The molecule has 47 heavy (non-hydrogen) atoms. The van der Waals surface area contributed by atoms with Gasteiger partial charge in [0.15, 0.2) is 0 Å². The Morgan fingerprint density at radius 1 is 0.979 bits per heavy atom. The predicted molar refractivity (Wildman–Crippen MR) is 182 cm³/mol. The highest BCUT2D eigenvalue weighted by molar-refractivity contribution is 7.92. The van der Waals surface area contributed by atoms with Crippen LogP contribution in [0.1, 0.15) is 71.4 Å².